The maximum absolute atomic E-state index is 11.7. The summed E-state index contributed by atoms with van der Waals surface area (Å²) in [6, 6.07) is 7.20. The monoisotopic (exact) mass is 281 g/mol. The van der Waals surface area contributed by atoms with Crippen LogP contribution in [0.4, 0.5) is 5.69 Å². The lowest BCUT2D eigenvalue weighted by Gasteiger charge is -2.28. The predicted molar refractivity (Wildman–Crippen MR) is 75.6 cm³/mol. The molecule has 2 rings (SSSR count). The largest absolute Gasteiger partial charge is 0.378 e. The fourth-order valence-corrected chi connectivity index (χ4v) is 2.01. The summed E-state index contributed by atoms with van der Waals surface area (Å²) in [5.74, 6) is 0.347. The van der Waals surface area contributed by atoms with Gasteiger partial charge in [-0.3, -0.25) is 10.2 Å². The molecular formula is C13H16ClN3O2. The first-order chi connectivity index (χ1) is 9.16. The van der Waals surface area contributed by atoms with Crippen molar-refractivity contribution in [1.29, 1.82) is 0 Å². The Morgan fingerprint density at radius 3 is 2.79 bits per heavy atom. The lowest BCUT2D eigenvalue weighted by molar-refractivity contribution is -0.112. The summed E-state index contributed by atoms with van der Waals surface area (Å²) in [7, 11) is 0. The van der Waals surface area contributed by atoms with E-state index in [0.29, 0.717) is 37.2 Å². The normalized spacial score (nSPS) is 16.3. The number of ether oxygens (including phenoxy) is 1. The van der Waals surface area contributed by atoms with E-state index in [1.165, 1.54) is 6.92 Å². The number of hydrogen-bond donors (Lipinski definition) is 1. The predicted octanol–water partition coefficient (Wildman–Crippen LogP) is 1.99. The van der Waals surface area contributed by atoms with Gasteiger partial charge in [0.1, 0.15) is 0 Å². The number of Topliss-reactive ketones (excluding diaryl/α,β-unsaturated/α-hetero) is 1. The minimum Gasteiger partial charge on any atom is -0.378 e. The second-order valence-electron chi connectivity index (χ2n) is 4.21. The van der Waals surface area contributed by atoms with Crippen molar-refractivity contribution in [2.45, 2.75) is 6.92 Å². The van der Waals surface area contributed by atoms with Gasteiger partial charge in [0.2, 0.25) is 0 Å². The molecule has 0 saturated carbocycles. The molecule has 6 heteroatoms. The highest BCUT2D eigenvalue weighted by Gasteiger charge is 2.18. The van der Waals surface area contributed by atoms with Gasteiger partial charge in [0.15, 0.2) is 11.6 Å². The Hall–Kier alpha value is -1.59. The molecule has 0 bridgehead atoms. The number of anilines is 1. The Balaban J connectivity index is 2.10. The number of morpholine rings is 1. The molecule has 102 valence electrons. The van der Waals surface area contributed by atoms with Gasteiger partial charge in [-0.25, -0.2) is 0 Å². The summed E-state index contributed by atoms with van der Waals surface area (Å²) in [6.07, 6.45) is 0. The molecule has 0 amide bonds. The maximum atomic E-state index is 11.7. The van der Waals surface area contributed by atoms with E-state index < -0.39 is 0 Å². The summed E-state index contributed by atoms with van der Waals surface area (Å²) in [5, 5.41) is 4.81. The van der Waals surface area contributed by atoms with Crippen LogP contribution in [0.2, 0.25) is 5.02 Å². The third kappa shape index (κ3) is 3.94. The Morgan fingerprint density at radius 1 is 1.42 bits per heavy atom. The third-order valence-electron chi connectivity index (χ3n) is 2.74. The average molecular weight is 282 g/mol. The van der Waals surface area contributed by atoms with Crippen LogP contribution in [0.25, 0.3) is 0 Å². The van der Waals surface area contributed by atoms with E-state index in [-0.39, 0.29) is 5.78 Å². The van der Waals surface area contributed by atoms with E-state index in [0.717, 1.165) is 5.69 Å². The van der Waals surface area contributed by atoms with Crippen LogP contribution in [0.3, 0.4) is 0 Å². The maximum Gasteiger partial charge on any atom is 0.196 e. The zero-order valence-electron chi connectivity index (χ0n) is 10.7. The molecule has 0 spiro atoms. The number of nitrogens with zero attached hydrogens (tertiary/aromatic N) is 2. The summed E-state index contributed by atoms with van der Waals surface area (Å²) >= 11 is 5.89. The minimum atomic E-state index is -0.0728. The molecule has 1 N–H and O–H groups in total. The fourth-order valence-electron chi connectivity index (χ4n) is 1.82. The van der Waals surface area contributed by atoms with Gasteiger partial charge in [-0.05, 0) is 18.2 Å². The van der Waals surface area contributed by atoms with Crippen LogP contribution < -0.4 is 5.43 Å². The summed E-state index contributed by atoms with van der Waals surface area (Å²) in [6.45, 7) is 4.09. The Labute approximate surface area is 117 Å². The van der Waals surface area contributed by atoms with Crippen molar-refractivity contribution in [2.24, 2.45) is 5.10 Å². The van der Waals surface area contributed by atoms with Crippen LogP contribution in [0.1, 0.15) is 6.92 Å². The Bertz CT molecular complexity index is 485. The van der Waals surface area contributed by atoms with Gasteiger partial charge in [0.25, 0.3) is 0 Å². The van der Waals surface area contributed by atoms with Crippen molar-refractivity contribution < 1.29 is 9.53 Å². The molecule has 0 aromatic heterocycles. The van der Waals surface area contributed by atoms with Crippen molar-refractivity contribution in [2.75, 3.05) is 31.7 Å². The number of ketones is 1. The number of nitrogens with one attached hydrogen (secondary N) is 1. The second-order valence-corrected chi connectivity index (χ2v) is 4.65. The van der Waals surface area contributed by atoms with Crippen LogP contribution in [0.5, 0.6) is 0 Å². The molecule has 1 aliphatic rings. The molecular weight excluding hydrogens is 266 g/mol. The average Bonchev–Trinajstić information content (AvgIpc) is 2.40. The highest BCUT2D eigenvalue weighted by molar-refractivity contribution is 6.38. The Morgan fingerprint density at radius 2 is 2.16 bits per heavy atom. The Kier molecular flexibility index (Phi) is 4.76. The van der Waals surface area contributed by atoms with Crippen LogP contribution in [0.15, 0.2) is 29.4 Å². The van der Waals surface area contributed by atoms with E-state index in [1.807, 2.05) is 17.0 Å². The fraction of sp³-hybridized carbons (Fsp3) is 0.385. The topological polar surface area (TPSA) is 53.9 Å². The first-order valence-electron chi connectivity index (χ1n) is 6.10. The van der Waals surface area contributed by atoms with Crippen molar-refractivity contribution in [3.05, 3.63) is 29.3 Å². The van der Waals surface area contributed by atoms with Crippen LogP contribution in [0, 0.1) is 0 Å². The van der Waals surface area contributed by atoms with E-state index >= 15 is 0 Å². The second kappa shape index (κ2) is 6.54. The minimum absolute atomic E-state index is 0.0728. The summed E-state index contributed by atoms with van der Waals surface area (Å²) in [4.78, 5) is 13.6. The molecule has 5 nitrogen and oxygen atoms in total. The molecule has 1 aromatic rings. The third-order valence-corrected chi connectivity index (χ3v) is 2.98. The molecule has 1 heterocycles. The molecule has 1 saturated heterocycles. The number of amidine groups is 1. The molecule has 0 aliphatic carbocycles. The van der Waals surface area contributed by atoms with Crippen molar-refractivity contribution in [1.82, 2.24) is 4.90 Å². The smallest absolute Gasteiger partial charge is 0.196 e. The van der Waals surface area contributed by atoms with Gasteiger partial charge in [-0.2, -0.15) is 5.10 Å². The van der Waals surface area contributed by atoms with E-state index in [2.05, 4.69) is 10.5 Å². The van der Waals surface area contributed by atoms with Gasteiger partial charge < -0.3 is 9.64 Å². The molecule has 19 heavy (non-hydrogen) atoms. The molecule has 1 aliphatic heterocycles. The number of benzene rings is 1. The van der Waals surface area contributed by atoms with Crippen molar-refractivity contribution in [3.63, 3.8) is 0 Å². The molecule has 1 fully saturated rings. The number of carbonyl (C=O) groups excluding carboxylic acids is 1. The zero-order chi connectivity index (χ0) is 13.7. The highest BCUT2D eigenvalue weighted by atomic mass is 35.5. The van der Waals surface area contributed by atoms with Crippen molar-refractivity contribution >= 4 is 28.9 Å². The van der Waals surface area contributed by atoms with Crippen molar-refractivity contribution in [3.8, 4) is 0 Å². The highest BCUT2D eigenvalue weighted by Crippen LogP contribution is 2.15. The number of hydrazone groups is 1. The van der Waals surface area contributed by atoms with Gasteiger partial charge in [0, 0.05) is 25.0 Å². The summed E-state index contributed by atoms with van der Waals surface area (Å²) < 4.78 is 5.26. The first-order valence-corrected chi connectivity index (χ1v) is 6.47. The first kappa shape index (κ1) is 13.8. The van der Waals surface area contributed by atoms with Gasteiger partial charge >= 0.3 is 0 Å². The van der Waals surface area contributed by atoms with E-state index in [1.54, 1.807) is 12.1 Å². The number of halogens is 1. The lowest BCUT2D eigenvalue weighted by Crippen LogP contribution is -2.44. The van der Waals surface area contributed by atoms with Gasteiger partial charge in [0.05, 0.1) is 18.9 Å². The number of carbonyl (C=O) groups is 1. The molecule has 0 radical (unpaired) electrons. The van der Waals surface area contributed by atoms with E-state index in [4.69, 9.17) is 16.3 Å². The number of hydrogen-bond acceptors (Lipinski definition) is 4. The summed E-state index contributed by atoms with van der Waals surface area (Å²) in [5.41, 5.74) is 3.61. The molecule has 0 unspecified atom stereocenters. The zero-order valence-corrected chi connectivity index (χ0v) is 11.5. The SMILES string of the molecule is CC(=O)/C(=N\Nc1cccc(Cl)c1)N1CCOCC1. The number of rotatable bonds is 3. The molecule has 1 aromatic carbocycles. The van der Waals surface area contributed by atoms with Crippen LogP contribution >= 0.6 is 11.6 Å². The standard InChI is InChI=1S/C13H16ClN3O2/c1-10(18)13(17-5-7-19-8-6-17)16-15-12-4-2-3-11(14)9-12/h2-4,9,15H,5-8H2,1H3/b16-13+. The lowest BCUT2D eigenvalue weighted by atomic mass is 10.3. The van der Waals surface area contributed by atoms with E-state index in [9.17, 15) is 4.79 Å². The quantitative estimate of drug-likeness (QED) is 0.523. The molecule has 0 atom stereocenters. The van der Waals surface area contributed by atoms with Gasteiger partial charge in [-0.15, -0.1) is 0 Å². The van der Waals surface area contributed by atoms with Crippen LogP contribution in [-0.2, 0) is 9.53 Å². The van der Waals surface area contributed by atoms with Gasteiger partial charge in [-0.1, -0.05) is 17.7 Å². The van der Waals surface area contributed by atoms with Crippen LogP contribution in [-0.4, -0.2) is 42.8 Å².